The number of unbranched alkanes of at least 4 members (excludes halogenated alkanes) is 2. The molecular formula is C20H40IN3O3. The molecule has 2 N–H and O–H groups in total. The molecule has 0 spiro atoms. The third kappa shape index (κ3) is 12.1. The van der Waals surface area contributed by atoms with Crippen LogP contribution in [0, 0.1) is 0 Å². The van der Waals surface area contributed by atoms with Gasteiger partial charge in [0.15, 0.2) is 5.96 Å². The highest BCUT2D eigenvalue weighted by atomic mass is 127. The Kier molecular flexibility index (Phi) is 15.5. The summed E-state index contributed by atoms with van der Waals surface area (Å²) in [6.45, 7) is 5.12. The number of rotatable bonds is 12. The van der Waals surface area contributed by atoms with Crippen LogP contribution >= 0.6 is 24.0 Å². The zero-order valence-electron chi connectivity index (χ0n) is 17.0. The van der Waals surface area contributed by atoms with Crippen LogP contribution in [0.2, 0.25) is 0 Å². The highest BCUT2D eigenvalue weighted by molar-refractivity contribution is 14.0. The summed E-state index contributed by atoms with van der Waals surface area (Å²) in [6.07, 6.45) is 13.0. The van der Waals surface area contributed by atoms with Crippen LogP contribution in [0.5, 0.6) is 0 Å². The van der Waals surface area contributed by atoms with E-state index in [-0.39, 0.29) is 24.0 Å². The van der Waals surface area contributed by atoms with Crippen molar-refractivity contribution in [1.29, 1.82) is 0 Å². The first-order valence-electron chi connectivity index (χ1n) is 10.6. The molecule has 0 amide bonds. The maximum Gasteiger partial charge on any atom is 0.190 e. The van der Waals surface area contributed by atoms with Crippen LogP contribution in [0.4, 0.5) is 0 Å². The third-order valence-corrected chi connectivity index (χ3v) is 5.10. The molecule has 0 aromatic heterocycles. The minimum absolute atomic E-state index is 0. The summed E-state index contributed by atoms with van der Waals surface area (Å²) < 4.78 is 17.0. The van der Waals surface area contributed by atoms with E-state index < -0.39 is 0 Å². The Morgan fingerprint density at radius 3 is 2.30 bits per heavy atom. The summed E-state index contributed by atoms with van der Waals surface area (Å²) in [7, 11) is 1.82. The summed E-state index contributed by atoms with van der Waals surface area (Å²) in [5, 5.41) is 6.72. The molecule has 2 rings (SSSR count). The number of hydrogen-bond acceptors (Lipinski definition) is 4. The molecule has 1 aliphatic carbocycles. The third-order valence-electron chi connectivity index (χ3n) is 5.10. The van der Waals surface area contributed by atoms with Gasteiger partial charge in [-0.05, 0) is 44.9 Å². The van der Waals surface area contributed by atoms with Gasteiger partial charge in [0, 0.05) is 40.0 Å². The fraction of sp³-hybridized carbons (Fsp3) is 0.950. The molecule has 2 aliphatic rings. The molecular weight excluding hydrogens is 457 g/mol. The largest absolute Gasteiger partial charge is 0.379 e. The quantitative estimate of drug-likeness (QED) is 0.187. The highest BCUT2D eigenvalue weighted by Gasteiger charge is 2.15. The normalized spacial score (nSPS) is 21.1. The van der Waals surface area contributed by atoms with E-state index in [4.69, 9.17) is 14.2 Å². The average Bonchev–Trinajstić information content (AvgIpc) is 3.19. The van der Waals surface area contributed by atoms with Crippen molar-refractivity contribution in [2.24, 2.45) is 4.99 Å². The van der Waals surface area contributed by atoms with Crippen LogP contribution in [0.15, 0.2) is 4.99 Å². The second-order valence-electron chi connectivity index (χ2n) is 7.33. The number of halogens is 1. The zero-order valence-corrected chi connectivity index (χ0v) is 19.4. The molecule has 6 nitrogen and oxygen atoms in total. The average molecular weight is 497 g/mol. The Morgan fingerprint density at radius 2 is 1.59 bits per heavy atom. The van der Waals surface area contributed by atoms with E-state index in [9.17, 15) is 0 Å². The highest BCUT2D eigenvalue weighted by Crippen LogP contribution is 2.20. The van der Waals surface area contributed by atoms with E-state index in [0.717, 1.165) is 71.2 Å². The van der Waals surface area contributed by atoms with E-state index in [1.807, 2.05) is 7.05 Å². The van der Waals surface area contributed by atoms with Crippen LogP contribution in [-0.2, 0) is 14.2 Å². The monoisotopic (exact) mass is 497 g/mol. The lowest BCUT2D eigenvalue weighted by Crippen LogP contribution is -2.38. The van der Waals surface area contributed by atoms with Crippen molar-refractivity contribution >= 4 is 29.9 Å². The molecule has 1 heterocycles. The van der Waals surface area contributed by atoms with Gasteiger partial charge in [0.2, 0.25) is 0 Å². The van der Waals surface area contributed by atoms with Gasteiger partial charge in [-0.3, -0.25) is 4.99 Å². The molecule has 0 aromatic carbocycles. The second-order valence-corrected chi connectivity index (χ2v) is 7.33. The fourth-order valence-electron chi connectivity index (χ4n) is 3.49. The van der Waals surface area contributed by atoms with Crippen LogP contribution in [-0.4, -0.2) is 64.7 Å². The number of hydrogen-bond donors (Lipinski definition) is 2. The van der Waals surface area contributed by atoms with Crippen molar-refractivity contribution in [2.75, 3.05) is 46.6 Å². The van der Waals surface area contributed by atoms with Crippen molar-refractivity contribution < 1.29 is 14.2 Å². The van der Waals surface area contributed by atoms with Crippen molar-refractivity contribution in [3.8, 4) is 0 Å². The SMILES string of the molecule is CN=C(NCCCCCOC1CCCCC1)NCCCOC1CCOC1.I. The maximum atomic E-state index is 5.97. The van der Waals surface area contributed by atoms with Crippen LogP contribution in [0.3, 0.4) is 0 Å². The molecule has 1 saturated heterocycles. The molecule has 27 heavy (non-hydrogen) atoms. The number of nitrogens with zero attached hydrogens (tertiary/aromatic N) is 1. The molecule has 0 aromatic rings. The minimum Gasteiger partial charge on any atom is -0.379 e. The summed E-state index contributed by atoms with van der Waals surface area (Å²) >= 11 is 0. The molecule has 1 saturated carbocycles. The van der Waals surface area contributed by atoms with Gasteiger partial charge in [-0.1, -0.05) is 19.3 Å². The maximum absolute atomic E-state index is 5.97. The van der Waals surface area contributed by atoms with Crippen molar-refractivity contribution in [1.82, 2.24) is 10.6 Å². The predicted molar refractivity (Wildman–Crippen MR) is 121 cm³/mol. The van der Waals surface area contributed by atoms with Gasteiger partial charge >= 0.3 is 0 Å². The molecule has 0 bridgehead atoms. The Bertz CT molecular complexity index is 373. The molecule has 160 valence electrons. The summed E-state index contributed by atoms with van der Waals surface area (Å²) in [5.41, 5.74) is 0. The molecule has 7 heteroatoms. The van der Waals surface area contributed by atoms with Gasteiger partial charge in [0.25, 0.3) is 0 Å². The molecule has 1 aliphatic heterocycles. The van der Waals surface area contributed by atoms with E-state index in [0.29, 0.717) is 12.2 Å². The van der Waals surface area contributed by atoms with Crippen molar-refractivity contribution in [2.45, 2.75) is 76.4 Å². The minimum atomic E-state index is 0. The lowest BCUT2D eigenvalue weighted by molar-refractivity contribution is 0.0264. The summed E-state index contributed by atoms with van der Waals surface area (Å²) in [6, 6.07) is 0. The summed E-state index contributed by atoms with van der Waals surface area (Å²) in [4.78, 5) is 4.27. The van der Waals surface area contributed by atoms with Gasteiger partial charge in [-0.25, -0.2) is 0 Å². The standard InChI is InChI=1S/C20H39N3O3.HI/c1-21-20(23-13-8-15-26-19-11-16-24-17-19)22-12-6-3-7-14-25-18-9-4-2-5-10-18;/h18-19H,2-17H2,1H3,(H2,21,22,23);1H. The summed E-state index contributed by atoms with van der Waals surface area (Å²) in [5.74, 6) is 0.882. The number of nitrogens with one attached hydrogen (secondary N) is 2. The predicted octanol–water partition coefficient (Wildman–Crippen LogP) is 3.48. The first-order chi connectivity index (χ1) is 12.9. The van der Waals surface area contributed by atoms with E-state index in [1.54, 1.807) is 0 Å². The molecule has 0 radical (unpaired) electrons. The van der Waals surface area contributed by atoms with Crippen molar-refractivity contribution in [3.63, 3.8) is 0 Å². The Labute approximate surface area is 182 Å². The van der Waals surface area contributed by atoms with E-state index >= 15 is 0 Å². The first-order valence-corrected chi connectivity index (χ1v) is 10.6. The second kappa shape index (κ2) is 16.8. The number of ether oxygens (including phenoxy) is 3. The van der Waals surface area contributed by atoms with Gasteiger partial charge in [0.1, 0.15) is 0 Å². The Balaban J connectivity index is 0.00000364. The Hall–Kier alpha value is -0.120. The Morgan fingerprint density at radius 1 is 0.889 bits per heavy atom. The van der Waals surface area contributed by atoms with Gasteiger partial charge in [0.05, 0.1) is 18.8 Å². The lowest BCUT2D eigenvalue weighted by Gasteiger charge is -2.21. The van der Waals surface area contributed by atoms with Crippen molar-refractivity contribution in [3.05, 3.63) is 0 Å². The molecule has 2 fully saturated rings. The first kappa shape index (κ1) is 24.9. The number of guanidine groups is 1. The zero-order chi connectivity index (χ0) is 18.3. The van der Waals surface area contributed by atoms with Crippen LogP contribution in [0.1, 0.15) is 64.2 Å². The molecule has 1 unspecified atom stereocenters. The molecule has 1 atom stereocenters. The topological polar surface area (TPSA) is 64.1 Å². The van der Waals surface area contributed by atoms with Crippen LogP contribution < -0.4 is 10.6 Å². The van der Waals surface area contributed by atoms with Gasteiger partial charge in [-0.15, -0.1) is 24.0 Å². The van der Waals surface area contributed by atoms with Crippen LogP contribution in [0.25, 0.3) is 0 Å². The lowest BCUT2D eigenvalue weighted by atomic mass is 9.98. The number of aliphatic imine (C=N–C) groups is 1. The van der Waals surface area contributed by atoms with E-state index in [2.05, 4.69) is 15.6 Å². The van der Waals surface area contributed by atoms with Gasteiger partial charge in [-0.2, -0.15) is 0 Å². The van der Waals surface area contributed by atoms with E-state index in [1.165, 1.54) is 38.5 Å². The smallest absolute Gasteiger partial charge is 0.190 e. The van der Waals surface area contributed by atoms with Gasteiger partial charge < -0.3 is 24.8 Å². The fourth-order valence-corrected chi connectivity index (χ4v) is 3.49.